The van der Waals surface area contributed by atoms with E-state index in [1.54, 1.807) is 18.3 Å². The first-order chi connectivity index (χ1) is 16.4. The van der Waals surface area contributed by atoms with Gasteiger partial charge in [-0.2, -0.15) is 5.10 Å². The van der Waals surface area contributed by atoms with E-state index in [4.69, 9.17) is 0 Å². The number of hydrogen-bond acceptors (Lipinski definition) is 3. The number of hydrogen-bond donors (Lipinski definition) is 1. The Labute approximate surface area is 203 Å². The summed E-state index contributed by atoms with van der Waals surface area (Å²) in [7, 11) is 0. The molecule has 3 aromatic rings. The lowest BCUT2D eigenvalue weighted by atomic mass is 9.75. The second-order valence-electron chi connectivity index (χ2n) is 9.31. The van der Waals surface area contributed by atoms with Gasteiger partial charge in [-0.05, 0) is 67.2 Å². The highest BCUT2D eigenvalue weighted by Crippen LogP contribution is 2.50. The normalized spacial score (nSPS) is 18.6. The van der Waals surface area contributed by atoms with E-state index in [0.29, 0.717) is 11.5 Å². The number of anilines is 1. The molecule has 1 N–H and O–H groups in total. The van der Waals surface area contributed by atoms with Crippen LogP contribution < -0.4 is 10.3 Å². The highest BCUT2D eigenvalue weighted by molar-refractivity contribution is 5.94. The Morgan fingerprint density at radius 1 is 1.03 bits per heavy atom. The maximum atomic E-state index is 12.4. The fourth-order valence-electron chi connectivity index (χ4n) is 4.82. The molecule has 34 heavy (non-hydrogen) atoms. The number of benzene rings is 3. The van der Waals surface area contributed by atoms with Gasteiger partial charge in [-0.3, -0.25) is 4.79 Å². The van der Waals surface area contributed by atoms with Crippen molar-refractivity contribution in [2.45, 2.75) is 45.4 Å². The van der Waals surface area contributed by atoms with Gasteiger partial charge in [0.25, 0.3) is 5.91 Å². The minimum absolute atomic E-state index is 0.215. The number of fused-ring (bicyclic) bond motifs is 1. The molecule has 0 saturated heterocycles. The molecule has 1 aliphatic heterocycles. The van der Waals surface area contributed by atoms with Crippen molar-refractivity contribution in [1.82, 2.24) is 5.43 Å². The lowest BCUT2D eigenvalue weighted by molar-refractivity contribution is 0.0955. The predicted octanol–water partition coefficient (Wildman–Crippen LogP) is 6.45. The van der Waals surface area contributed by atoms with Crippen molar-refractivity contribution in [2.24, 2.45) is 5.10 Å². The van der Waals surface area contributed by atoms with Crippen LogP contribution in [0.15, 0.2) is 95.7 Å². The van der Waals surface area contributed by atoms with E-state index in [-0.39, 0.29) is 11.3 Å². The second-order valence-corrected chi connectivity index (χ2v) is 9.31. The number of rotatable bonds is 7. The first-order valence-corrected chi connectivity index (χ1v) is 12.0. The molecule has 0 radical (unpaired) electrons. The number of carbonyl (C=O) groups is 1. The van der Waals surface area contributed by atoms with Crippen LogP contribution in [0.5, 0.6) is 0 Å². The van der Waals surface area contributed by atoms with E-state index in [1.807, 2.05) is 24.3 Å². The van der Waals surface area contributed by atoms with Crippen molar-refractivity contribution < 1.29 is 4.79 Å². The number of allylic oxidation sites excluding steroid dienone is 2. The molecule has 1 heterocycles. The summed E-state index contributed by atoms with van der Waals surface area (Å²) in [6, 6.07) is 26.6. The van der Waals surface area contributed by atoms with Crippen LogP contribution in [0.25, 0.3) is 0 Å². The van der Waals surface area contributed by atoms with Crippen LogP contribution in [0.2, 0.25) is 0 Å². The largest absolute Gasteiger partial charge is 0.344 e. The van der Waals surface area contributed by atoms with Crippen molar-refractivity contribution in [3.8, 4) is 0 Å². The number of amides is 1. The molecule has 0 fully saturated rings. The average molecular weight is 452 g/mol. The van der Waals surface area contributed by atoms with Crippen LogP contribution in [-0.4, -0.2) is 18.7 Å². The molecule has 1 unspecified atom stereocenters. The molecule has 174 valence electrons. The highest BCUT2D eigenvalue weighted by atomic mass is 16.2. The maximum Gasteiger partial charge on any atom is 0.271 e. The maximum absolute atomic E-state index is 12.4. The van der Waals surface area contributed by atoms with Crippen LogP contribution in [0.4, 0.5) is 5.69 Å². The van der Waals surface area contributed by atoms with Gasteiger partial charge in [0.15, 0.2) is 0 Å². The van der Waals surface area contributed by atoms with Crippen molar-refractivity contribution in [3.63, 3.8) is 0 Å². The zero-order valence-electron chi connectivity index (χ0n) is 20.5. The average Bonchev–Trinajstić information content (AvgIpc) is 3.09. The van der Waals surface area contributed by atoms with E-state index in [9.17, 15) is 4.79 Å². The van der Waals surface area contributed by atoms with Crippen molar-refractivity contribution in [2.75, 3.05) is 11.4 Å². The lowest BCUT2D eigenvalue weighted by Crippen LogP contribution is -2.31. The minimum atomic E-state index is -0.217. The Balaban J connectivity index is 1.70. The number of nitrogens with zero attached hydrogens (tertiary/aromatic N) is 2. The Hall–Kier alpha value is -3.66. The molecule has 3 aromatic carbocycles. The molecular weight excluding hydrogens is 418 g/mol. The first-order valence-electron chi connectivity index (χ1n) is 12.0. The van der Waals surface area contributed by atoms with Crippen molar-refractivity contribution >= 4 is 17.8 Å². The van der Waals surface area contributed by atoms with Crippen LogP contribution in [0.3, 0.4) is 0 Å². The Bertz CT molecular complexity index is 1200. The lowest BCUT2D eigenvalue weighted by Gasteiger charge is -2.30. The van der Waals surface area contributed by atoms with E-state index in [0.717, 1.165) is 13.0 Å². The standard InChI is InChI=1S/C30H33N3O/c1-5-33-27-17-16-25(22(2)3)20-26(27)30(4,21-23-12-8-6-9-13-23)28(33)18-19-31-32-29(34)24-14-10-7-11-15-24/h6-20,22H,5,21H2,1-4H3,(H,32,34)/b28-18-,31-19+. The van der Waals surface area contributed by atoms with Gasteiger partial charge in [-0.25, -0.2) is 5.43 Å². The van der Waals surface area contributed by atoms with Gasteiger partial charge in [-0.1, -0.05) is 74.5 Å². The fraction of sp³-hybridized carbons (Fsp3) is 0.267. The molecule has 0 aromatic heterocycles. The summed E-state index contributed by atoms with van der Waals surface area (Å²) in [5.41, 5.74) is 9.44. The molecule has 1 atom stereocenters. The van der Waals surface area contributed by atoms with E-state index >= 15 is 0 Å². The van der Waals surface area contributed by atoms with Gasteiger partial charge in [0.2, 0.25) is 0 Å². The smallest absolute Gasteiger partial charge is 0.271 e. The van der Waals surface area contributed by atoms with E-state index in [2.05, 4.69) is 91.7 Å². The van der Waals surface area contributed by atoms with E-state index < -0.39 is 0 Å². The molecule has 4 rings (SSSR count). The summed E-state index contributed by atoms with van der Waals surface area (Å²) >= 11 is 0. The van der Waals surface area contributed by atoms with Gasteiger partial charge >= 0.3 is 0 Å². The Morgan fingerprint density at radius 3 is 2.35 bits per heavy atom. The molecule has 1 aliphatic rings. The summed E-state index contributed by atoms with van der Waals surface area (Å²) in [6.07, 6.45) is 4.64. The monoisotopic (exact) mass is 451 g/mol. The summed E-state index contributed by atoms with van der Waals surface area (Å²) in [4.78, 5) is 14.7. The zero-order chi connectivity index (χ0) is 24.1. The van der Waals surface area contributed by atoms with E-state index in [1.165, 1.54) is 28.1 Å². The molecule has 0 saturated carbocycles. The van der Waals surface area contributed by atoms with Crippen LogP contribution in [0.1, 0.15) is 60.7 Å². The summed E-state index contributed by atoms with van der Waals surface area (Å²) < 4.78 is 0. The molecule has 0 spiro atoms. The third-order valence-electron chi connectivity index (χ3n) is 6.65. The molecular formula is C30H33N3O. The third-order valence-corrected chi connectivity index (χ3v) is 6.65. The fourth-order valence-corrected chi connectivity index (χ4v) is 4.82. The van der Waals surface area contributed by atoms with Crippen molar-refractivity contribution in [3.05, 3.63) is 113 Å². The van der Waals surface area contributed by atoms with Crippen molar-refractivity contribution in [1.29, 1.82) is 0 Å². The SMILES string of the molecule is CCN1/C(=C\C=N\NC(=O)c2ccccc2)C(C)(Cc2ccccc2)c2cc(C(C)C)ccc21. The number of likely N-dealkylation sites (N-methyl/N-ethyl adjacent to an activating group) is 1. The Kier molecular flexibility index (Phi) is 6.97. The third kappa shape index (κ3) is 4.67. The first kappa shape index (κ1) is 23.5. The van der Waals surface area contributed by atoms with Gasteiger partial charge in [0.05, 0.1) is 0 Å². The summed E-state index contributed by atoms with van der Waals surface area (Å²) in [5.74, 6) is 0.245. The zero-order valence-corrected chi connectivity index (χ0v) is 20.5. The predicted molar refractivity (Wildman–Crippen MR) is 142 cm³/mol. The van der Waals surface area contributed by atoms with Crippen LogP contribution in [-0.2, 0) is 11.8 Å². The molecule has 4 nitrogen and oxygen atoms in total. The summed E-state index contributed by atoms with van der Waals surface area (Å²) in [6.45, 7) is 9.83. The van der Waals surface area contributed by atoms with Gasteiger partial charge < -0.3 is 4.90 Å². The van der Waals surface area contributed by atoms with Gasteiger partial charge in [0.1, 0.15) is 0 Å². The van der Waals surface area contributed by atoms with Crippen LogP contribution in [0, 0.1) is 0 Å². The second kappa shape index (κ2) is 10.1. The molecule has 1 amide bonds. The summed E-state index contributed by atoms with van der Waals surface area (Å²) in [5, 5.41) is 4.23. The number of nitrogens with one attached hydrogen (secondary N) is 1. The van der Waals surface area contributed by atoms with Crippen LogP contribution >= 0.6 is 0 Å². The molecule has 0 aliphatic carbocycles. The topological polar surface area (TPSA) is 44.7 Å². The number of hydrazone groups is 1. The number of carbonyl (C=O) groups excluding carboxylic acids is 1. The van der Waals surface area contributed by atoms with Gasteiger partial charge in [0, 0.05) is 35.1 Å². The highest BCUT2D eigenvalue weighted by Gasteiger charge is 2.43. The molecule has 4 heteroatoms. The Morgan fingerprint density at radius 2 is 1.71 bits per heavy atom. The molecule has 0 bridgehead atoms. The van der Waals surface area contributed by atoms with Gasteiger partial charge in [-0.15, -0.1) is 0 Å². The quantitative estimate of drug-likeness (QED) is 0.331. The minimum Gasteiger partial charge on any atom is -0.344 e.